The molecule has 0 aromatic carbocycles. The third kappa shape index (κ3) is 2.56. The molecule has 0 spiro atoms. The molecule has 3 aliphatic rings. The molecule has 2 saturated carbocycles. The molecule has 0 bridgehead atoms. The lowest BCUT2D eigenvalue weighted by Crippen LogP contribution is -2.46. The molecule has 0 heterocycles. The van der Waals surface area contributed by atoms with Gasteiger partial charge in [-0.2, -0.15) is 0 Å². The first kappa shape index (κ1) is 14.5. The number of amides is 1. The number of hydrogen-bond acceptors (Lipinski definition) is 2. The van der Waals surface area contributed by atoms with E-state index in [1.165, 1.54) is 0 Å². The van der Waals surface area contributed by atoms with Crippen LogP contribution in [0.2, 0.25) is 0 Å². The zero-order chi connectivity index (χ0) is 15.2. The SMILES string of the molecule is O=C(N[C@H]1CC=CC[C@H]1C(=O)O)[C@@H]1CC[C@H]2[C@@H](C1)C2(F)F. The summed E-state index contributed by atoms with van der Waals surface area (Å²) in [7, 11) is 0. The Labute approximate surface area is 121 Å². The monoisotopic (exact) mass is 299 g/mol. The molecular weight excluding hydrogens is 280 g/mol. The average molecular weight is 299 g/mol. The summed E-state index contributed by atoms with van der Waals surface area (Å²) >= 11 is 0. The van der Waals surface area contributed by atoms with Crippen LogP contribution in [-0.2, 0) is 9.59 Å². The first-order valence-electron chi connectivity index (χ1n) is 7.47. The molecule has 4 nitrogen and oxygen atoms in total. The van der Waals surface area contributed by atoms with E-state index in [4.69, 9.17) is 5.11 Å². The highest BCUT2D eigenvalue weighted by Crippen LogP contribution is 2.63. The second-order valence-electron chi connectivity index (χ2n) is 6.40. The van der Waals surface area contributed by atoms with Gasteiger partial charge in [-0.1, -0.05) is 12.2 Å². The van der Waals surface area contributed by atoms with Gasteiger partial charge in [0.2, 0.25) is 5.91 Å². The molecule has 2 fully saturated rings. The first-order valence-corrected chi connectivity index (χ1v) is 7.47. The highest BCUT2D eigenvalue weighted by Gasteiger charge is 2.69. The van der Waals surface area contributed by atoms with Crippen LogP contribution in [0.4, 0.5) is 8.78 Å². The van der Waals surface area contributed by atoms with Gasteiger partial charge in [-0.25, -0.2) is 8.78 Å². The van der Waals surface area contributed by atoms with Crippen LogP contribution in [-0.4, -0.2) is 28.9 Å². The Kier molecular flexibility index (Phi) is 3.50. The number of rotatable bonds is 3. The van der Waals surface area contributed by atoms with Crippen molar-refractivity contribution >= 4 is 11.9 Å². The van der Waals surface area contributed by atoms with Crippen LogP contribution in [0.3, 0.4) is 0 Å². The predicted octanol–water partition coefficient (Wildman–Crippen LogP) is 2.20. The van der Waals surface area contributed by atoms with Gasteiger partial charge in [-0.3, -0.25) is 9.59 Å². The minimum atomic E-state index is -2.59. The molecular formula is C15H19F2NO3. The average Bonchev–Trinajstić information content (AvgIpc) is 3.01. The van der Waals surface area contributed by atoms with Crippen molar-refractivity contribution in [1.29, 1.82) is 0 Å². The molecule has 1 amide bonds. The lowest BCUT2D eigenvalue weighted by atomic mass is 9.86. The van der Waals surface area contributed by atoms with E-state index in [-0.39, 0.29) is 12.3 Å². The van der Waals surface area contributed by atoms with Crippen molar-refractivity contribution < 1.29 is 23.5 Å². The van der Waals surface area contributed by atoms with Crippen molar-refractivity contribution in [2.24, 2.45) is 23.7 Å². The van der Waals surface area contributed by atoms with Gasteiger partial charge in [0.25, 0.3) is 5.92 Å². The lowest BCUT2D eigenvalue weighted by Gasteiger charge is -2.28. The molecule has 2 N–H and O–H groups in total. The third-order valence-electron chi connectivity index (χ3n) is 5.18. The maximum absolute atomic E-state index is 13.3. The van der Waals surface area contributed by atoms with Crippen molar-refractivity contribution in [3.8, 4) is 0 Å². The molecule has 21 heavy (non-hydrogen) atoms. The van der Waals surface area contributed by atoms with Crippen molar-refractivity contribution in [3.63, 3.8) is 0 Å². The number of allylic oxidation sites excluding steroid dienone is 1. The zero-order valence-corrected chi connectivity index (χ0v) is 11.6. The van der Waals surface area contributed by atoms with Crippen LogP contribution >= 0.6 is 0 Å². The summed E-state index contributed by atoms with van der Waals surface area (Å²) in [5.41, 5.74) is 0. The fraction of sp³-hybridized carbons (Fsp3) is 0.733. The van der Waals surface area contributed by atoms with Crippen LogP contribution in [0.1, 0.15) is 32.1 Å². The van der Waals surface area contributed by atoms with Crippen LogP contribution in [0.25, 0.3) is 0 Å². The fourth-order valence-corrected chi connectivity index (χ4v) is 3.77. The van der Waals surface area contributed by atoms with Gasteiger partial charge in [-0.15, -0.1) is 0 Å². The molecule has 3 rings (SSSR count). The van der Waals surface area contributed by atoms with E-state index in [0.29, 0.717) is 25.7 Å². The number of carbonyl (C=O) groups is 2. The van der Waals surface area contributed by atoms with Crippen molar-refractivity contribution in [3.05, 3.63) is 12.2 Å². The Morgan fingerprint density at radius 2 is 1.86 bits per heavy atom. The Bertz CT molecular complexity index is 491. The zero-order valence-electron chi connectivity index (χ0n) is 11.6. The van der Waals surface area contributed by atoms with Gasteiger partial charge in [-0.05, 0) is 32.1 Å². The third-order valence-corrected chi connectivity index (χ3v) is 5.18. The number of hydrogen-bond donors (Lipinski definition) is 2. The lowest BCUT2D eigenvalue weighted by molar-refractivity contribution is -0.143. The van der Waals surface area contributed by atoms with Gasteiger partial charge in [0.1, 0.15) is 0 Å². The number of carboxylic acids is 1. The van der Waals surface area contributed by atoms with Gasteiger partial charge in [0, 0.05) is 23.8 Å². The molecule has 5 atom stereocenters. The first-order chi connectivity index (χ1) is 9.91. The maximum Gasteiger partial charge on any atom is 0.308 e. The summed E-state index contributed by atoms with van der Waals surface area (Å²) in [5, 5.41) is 11.9. The highest BCUT2D eigenvalue weighted by atomic mass is 19.3. The van der Waals surface area contributed by atoms with Crippen molar-refractivity contribution in [2.45, 2.75) is 44.1 Å². The van der Waals surface area contributed by atoms with E-state index in [2.05, 4.69) is 5.32 Å². The molecule has 0 radical (unpaired) electrons. The highest BCUT2D eigenvalue weighted by molar-refractivity contribution is 5.80. The van der Waals surface area contributed by atoms with Crippen molar-refractivity contribution in [2.75, 3.05) is 0 Å². The van der Waals surface area contributed by atoms with Gasteiger partial charge < -0.3 is 10.4 Å². The minimum Gasteiger partial charge on any atom is -0.481 e. The quantitative estimate of drug-likeness (QED) is 0.785. The van der Waals surface area contributed by atoms with E-state index < -0.39 is 41.6 Å². The van der Waals surface area contributed by atoms with Crippen molar-refractivity contribution in [1.82, 2.24) is 5.32 Å². The summed E-state index contributed by atoms with van der Waals surface area (Å²) in [6.45, 7) is 0. The topological polar surface area (TPSA) is 66.4 Å². The van der Waals surface area contributed by atoms with E-state index in [0.717, 1.165) is 0 Å². The Balaban J connectivity index is 1.59. The fourth-order valence-electron chi connectivity index (χ4n) is 3.77. The van der Waals surface area contributed by atoms with Gasteiger partial charge in [0.15, 0.2) is 0 Å². The summed E-state index contributed by atoms with van der Waals surface area (Å²) in [6, 6.07) is -0.433. The van der Waals surface area contributed by atoms with E-state index in [1.54, 1.807) is 6.08 Å². The Morgan fingerprint density at radius 1 is 1.14 bits per heavy atom. The number of aliphatic carboxylic acids is 1. The predicted molar refractivity (Wildman–Crippen MR) is 70.7 cm³/mol. The number of alkyl halides is 2. The van der Waals surface area contributed by atoms with Crippen LogP contribution in [0.15, 0.2) is 12.2 Å². The van der Waals surface area contributed by atoms with Crippen LogP contribution in [0.5, 0.6) is 0 Å². The minimum absolute atomic E-state index is 0.226. The molecule has 0 aliphatic heterocycles. The molecule has 6 heteroatoms. The smallest absolute Gasteiger partial charge is 0.308 e. The standard InChI is InChI=1S/C15H19F2NO3/c16-15(17)10-6-5-8(7-11(10)15)13(19)18-12-4-2-1-3-9(12)14(20)21/h1-2,8-12H,3-7H2,(H,18,19)(H,20,21)/t8-,9-,10+,11-,12+/m1/s1. The molecule has 3 aliphatic carbocycles. The summed E-state index contributed by atoms with van der Waals surface area (Å²) in [5.74, 6) is -6.00. The second kappa shape index (κ2) is 5.07. The second-order valence-corrected chi connectivity index (χ2v) is 6.40. The maximum atomic E-state index is 13.3. The van der Waals surface area contributed by atoms with E-state index in [1.807, 2.05) is 6.08 Å². The Morgan fingerprint density at radius 3 is 2.52 bits per heavy atom. The normalized spacial score (nSPS) is 40.2. The van der Waals surface area contributed by atoms with Gasteiger partial charge >= 0.3 is 5.97 Å². The van der Waals surface area contributed by atoms with Gasteiger partial charge in [0.05, 0.1) is 5.92 Å². The van der Waals surface area contributed by atoms with Crippen LogP contribution < -0.4 is 5.32 Å². The van der Waals surface area contributed by atoms with E-state index >= 15 is 0 Å². The number of nitrogens with one attached hydrogen (secondary N) is 1. The number of carbonyl (C=O) groups excluding carboxylic acids is 1. The van der Waals surface area contributed by atoms with Crippen LogP contribution in [0, 0.1) is 23.7 Å². The molecule has 0 aromatic rings. The molecule has 0 unspecified atom stereocenters. The summed E-state index contributed by atoms with van der Waals surface area (Å²) in [6.07, 6.45) is 5.63. The molecule has 0 aromatic heterocycles. The number of fused-ring (bicyclic) bond motifs is 1. The summed E-state index contributed by atoms with van der Waals surface area (Å²) < 4.78 is 26.7. The Hall–Kier alpha value is -1.46. The largest absolute Gasteiger partial charge is 0.481 e. The molecule has 0 saturated heterocycles. The van der Waals surface area contributed by atoms with E-state index in [9.17, 15) is 18.4 Å². The summed E-state index contributed by atoms with van der Waals surface area (Å²) in [4.78, 5) is 23.4. The molecule has 116 valence electrons. The number of carboxylic acid groups (broad SMARTS) is 1. The number of halogens is 2.